The third kappa shape index (κ3) is 2.14. The largest absolute Gasteiger partial charge is 0.496 e. The molecule has 0 fully saturated rings. The Morgan fingerprint density at radius 2 is 2.12 bits per heavy atom. The van der Waals surface area contributed by atoms with Gasteiger partial charge < -0.3 is 9.84 Å². The van der Waals surface area contributed by atoms with Crippen LogP contribution in [-0.2, 0) is 0 Å². The summed E-state index contributed by atoms with van der Waals surface area (Å²) < 4.78 is 6.11. The number of benzene rings is 1. The van der Waals surface area contributed by atoms with Crippen molar-refractivity contribution >= 4 is 15.9 Å². The van der Waals surface area contributed by atoms with Gasteiger partial charge in [-0.15, -0.1) is 0 Å². The van der Waals surface area contributed by atoms with Gasteiger partial charge in [0, 0.05) is 16.7 Å². The molecule has 1 aromatic carbocycles. The molecule has 5 heteroatoms. The third-order valence-corrected chi connectivity index (χ3v) is 2.54. The van der Waals surface area contributed by atoms with Gasteiger partial charge in [0.25, 0.3) is 0 Å². The highest BCUT2D eigenvalue weighted by atomic mass is 79.9. The second-order valence-electron chi connectivity index (χ2n) is 3.08. The van der Waals surface area contributed by atoms with Crippen molar-refractivity contribution < 1.29 is 9.84 Å². The summed E-state index contributed by atoms with van der Waals surface area (Å²) in [5, 5.41) is 9.30. The van der Waals surface area contributed by atoms with Gasteiger partial charge in [0.1, 0.15) is 5.75 Å². The molecule has 0 saturated carbocycles. The summed E-state index contributed by atoms with van der Waals surface area (Å²) in [5.41, 5.74) is 0.729. The number of aromatic nitrogens is 2. The third-order valence-electron chi connectivity index (χ3n) is 2.04. The van der Waals surface area contributed by atoms with Crippen LogP contribution < -0.4 is 4.74 Å². The van der Waals surface area contributed by atoms with Crippen LogP contribution in [0.1, 0.15) is 0 Å². The predicted molar refractivity (Wildman–Crippen MR) is 63.4 cm³/mol. The van der Waals surface area contributed by atoms with Gasteiger partial charge in [0.2, 0.25) is 5.88 Å². The molecule has 4 nitrogen and oxygen atoms in total. The molecule has 0 atom stereocenters. The summed E-state index contributed by atoms with van der Waals surface area (Å²) in [6.07, 6.45) is 1.50. The zero-order valence-electron chi connectivity index (χ0n) is 8.51. The molecular weight excluding hydrogens is 272 g/mol. The van der Waals surface area contributed by atoms with E-state index in [1.54, 1.807) is 7.11 Å². The van der Waals surface area contributed by atoms with E-state index in [-0.39, 0.29) is 5.88 Å². The fraction of sp³-hybridized carbons (Fsp3) is 0.0909. The Bertz CT molecular complexity index is 517. The van der Waals surface area contributed by atoms with Gasteiger partial charge in [-0.2, -0.15) is 4.98 Å². The predicted octanol–water partition coefficient (Wildman–Crippen LogP) is 2.62. The minimum Gasteiger partial charge on any atom is -0.496 e. The highest BCUT2D eigenvalue weighted by molar-refractivity contribution is 9.10. The molecule has 1 N–H and O–H groups in total. The first-order chi connectivity index (χ1) is 7.70. The summed E-state index contributed by atoms with van der Waals surface area (Å²) in [6, 6.07) is 6.94. The lowest BCUT2D eigenvalue weighted by Gasteiger charge is -2.07. The summed E-state index contributed by atoms with van der Waals surface area (Å²) in [5.74, 6) is 1.03. The van der Waals surface area contributed by atoms with E-state index in [1.807, 2.05) is 18.2 Å². The van der Waals surface area contributed by atoms with Gasteiger partial charge in [-0.1, -0.05) is 15.9 Å². The van der Waals surface area contributed by atoms with Crippen LogP contribution >= 0.6 is 15.9 Å². The van der Waals surface area contributed by atoms with Crippen molar-refractivity contribution in [1.29, 1.82) is 0 Å². The number of halogens is 1. The van der Waals surface area contributed by atoms with Crippen molar-refractivity contribution in [1.82, 2.24) is 9.97 Å². The molecule has 16 heavy (non-hydrogen) atoms. The molecule has 0 saturated heterocycles. The zero-order chi connectivity index (χ0) is 11.5. The Kier molecular flexibility index (Phi) is 3.05. The SMILES string of the molecule is COc1ccc(Br)cc1-c1nccc(O)n1. The van der Waals surface area contributed by atoms with E-state index in [2.05, 4.69) is 25.9 Å². The van der Waals surface area contributed by atoms with Crippen molar-refractivity contribution in [3.05, 3.63) is 34.9 Å². The second kappa shape index (κ2) is 4.49. The smallest absolute Gasteiger partial charge is 0.214 e. The number of methoxy groups -OCH3 is 1. The Hall–Kier alpha value is -1.62. The van der Waals surface area contributed by atoms with Crippen LogP contribution in [0, 0.1) is 0 Å². The molecule has 0 aliphatic heterocycles. The van der Waals surface area contributed by atoms with Crippen molar-refractivity contribution in [2.45, 2.75) is 0 Å². The van der Waals surface area contributed by atoms with Gasteiger partial charge in [0.15, 0.2) is 5.82 Å². The van der Waals surface area contributed by atoms with E-state index in [0.717, 1.165) is 10.0 Å². The van der Waals surface area contributed by atoms with Crippen LogP contribution in [0.3, 0.4) is 0 Å². The minimum absolute atomic E-state index is 0.0629. The van der Waals surface area contributed by atoms with Gasteiger partial charge in [-0.3, -0.25) is 0 Å². The summed E-state index contributed by atoms with van der Waals surface area (Å²) >= 11 is 3.37. The fourth-order valence-electron chi connectivity index (χ4n) is 1.33. The van der Waals surface area contributed by atoms with Crippen LogP contribution in [-0.4, -0.2) is 22.2 Å². The lowest BCUT2D eigenvalue weighted by Crippen LogP contribution is -1.92. The highest BCUT2D eigenvalue weighted by Gasteiger charge is 2.09. The summed E-state index contributed by atoms with van der Waals surface area (Å²) in [7, 11) is 1.58. The molecule has 2 aromatic rings. The van der Waals surface area contributed by atoms with Gasteiger partial charge in [-0.25, -0.2) is 4.98 Å². The van der Waals surface area contributed by atoms with Crippen LogP contribution in [0.2, 0.25) is 0 Å². The normalized spacial score (nSPS) is 10.1. The van der Waals surface area contributed by atoms with E-state index in [9.17, 15) is 5.11 Å². The van der Waals surface area contributed by atoms with Crippen LogP contribution in [0.15, 0.2) is 34.9 Å². The van der Waals surface area contributed by atoms with E-state index in [4.69, 9.17) is 4.74 Å². The Labute approximate surface area is 101 Å². The quantitative estimate of drug-likeness (QED) is 0.919. The lowest BCUT2D eigenvalue weighted by atomic mass is 10.2. The maximum atomic E-state index is 9.30. The lowest BCUT2D eigenvalue weighted by molar-refractivity contribution is 0.415. The number of hydrogen-bond donors (Lipinski definition) is 1. The molecule has 0 bridgehead atoms. The second-order valence-corrected chi connectivity index (χ2v) is 4.00. The summed E-state index contributed by atoms with van der Waals surface area (Å²) in [4.78, 5) is 8.02. The molecular formula is C11H9BrN2O2. The van der Waals surface area contributed by atoms with Crippen LogP contribution in [0.5, 0.6) is 11.6 Å². The topological polar surface area (TPSA) is 55.2 Å². The number of hydrogen-bond acceptors (Lipinski definition) is 4. The van der Waals surface area contributed by atoms with Crippen LogP contribution in [0.4, 0.5) is 0 Å². The number of aromatic hydroxyl groups is 1. The fourth-order valence-corrected chi connectivity index (χ4v) is 1.69. The molecule has 0 unspecified atom stereocenters. The van der Waals surface area contributed by atoms with Gasteiger partial charge in [0.05, 0.1) is 12.7 Å². The molecule has 0 spiro atoms. The standard InChI is InChI=1S/C11H9BrN2O2/c1-16-9-3-2-7(12)6-8(9)11-13-5-4-10(15)14-11/h2-6H,1H3,(H,13,14,15). The van der Waals surface area contributed by atoms with Crippen molar-refractivity contribution in [2.75, 3.05) is 7.11 Å². The van der Waals surface area contributed by atoms with E-state index < -0.39 is 0 Å². The van der Waals surface area contributed by atoms with E-state index >= 15 is 0 Å². The molecule has 0 amide bonds. The van der Waals surface area contributed by atoms with Crippen LogP contribution in [0.25, 0.3) is 11.4 Å². The average molecular weight is 281 g/mol. The number of ether oxygens (including phenoxy) is 1. The number of rotatable bonds is 2. The maximum Gasteiger partial charge on any atom is 0.214 e. The maximum absolute atomic E-state index is 9.30. The highest BCUT2D eigenvalue weighted by Crippen LogP contribution is 2.30. The molecule has 0 aliphatic carbocycles. The van der Waals surface area contributed by atoms with Crippen molar-refractivity contribution in [2.24, 2.45) is 0 Å². The Morgan fingerprint density at radius 3 is 2.81 bits per heavy atom. The number of nitrogens with zero attached hydrogens (tertiary/aromatic N) is 2. The molecule has 2 rings (SSSR count). The molecule has 0 aliphatic rings. The Balaban J connectivity index is 2.58. The zero-order valence-corrected chi connectivity index (χ0v) is 10.1. The monoisotopic (exact) mass is 280 g/mol. The molecule has 82 valence electrons. The first-order valence-corrected chi connectivity index (χ1v) is 5.36. The van der Waals surface area contributed by atoms with Gasteiger partial charge >= 0.3 is 0 Å². The van der Waals surface area contributed by atoms with E-state index in [0.29, 0.717) is 11.6 Å². The molecule has 1 aromatic heterocycles. The van der Waals surface area contributed by atoms with Crippen molar-refractivity contribution in [3.63, 3.8) is 0 Å². The first-order valence-electron chi connectivity index (χ1n) is 4.56. The van der Waals surface area contributed by atoms with Crippen molar-refractivity contribution in [3.8, 4) is 23.0 Å². The summed E-state index contributed by atoms with van der Waals surface area (Å²) in [6.45, 7) is 0. The molecule has 0 radical (unpaired) electrons. The van der Waals surface area contributed by atoms with E-state index in [1.165, 1.54) is 12.3 Å². The average Bonchev–Trinajstić information content (AvgIpc) is 2.29. The van der Waals surface area contributed by atoms with Gasteiger partial charge in [-0.05, 0) is 18.2 Å². The Morgan fingerprint density at radius 1 is 1.31 bits per heavy atom. The molecule has 1 heterocycles. The first kappa shape index (κ1) is 10.9. The minimum atomic E-state index is -0.0629.